The molecular weight excluding hydrogens is 470 g/mol. The third kappa shape index (κ3) is 4.11. The molecule has 1 saturated heterocycles. The Bertz CT molecular complexity index is 1500. The Balaban J connectivity index is 1.34. The molecule has 1 unspecified atom stereocenters. The first-order chi connectivity index (χ1) is 18.1. The highest BCUT2D eigenvalue weighted by atomic mass is 16.5. The van der Waals surface area contributed by atoms with Crippen LogP contribution >= 0.6 is 0 Å². The molecule has 0 saturated carbocycles. The number of nitrogens with zero attached hydrogens (tertiary/aromatic N) is 5. The van der Waals surface area contributed by atoms with Gasteiger partial charge in [0, 0.05) is 37.5 Å². The van der Waals surface area contributed by atoms with Crippen LogP contribution in [0.2, 0.25) is 0 Å². The molecule has 1 atom stereocenters. The highest BCUT2D eigenvalue weighted by Crippen LogP contribution is 2.47. The molecular formula is C28H33N5O4. The molecule has 37 heavy (non-hydrogen) atoms. The summed E-state index contributed by atoms with van der Waals surface area (Å²) in [5.74, 6) is 1.90. The molecule has 0 spiro atoms. The summed E-state index contributed by atoms with van der Waals surface area (Å²) in [6, 6.07) is 5.64. The zero-order valence-electron chi connectivity index (χ0n) is 21.7. The standard InChI is InChI=1S/C28H33N5O4/c1-18-17-37-27-24(19-8-9-23(30-15-19)36-13-7-12-32-10-5-4-6-11-32)22(35-3)14-20-25(27)26-21(16-29-20)31(2)28(34)33(18)26/h8-9,14-16,18H,4-7,10-13,17H2,1-3H3. The monoisotopic (exact) mass is 503 g/mol. The Kier molecular flexibility index (Phi) is 6.24. The number of hydrogen-bond acceptors (Lipinski definition) is 7. The molecule has 3 aromatic heterocycles. The van der Waals surface area contributed by atoms with Crippen molar-refractivity contribution >= 4 is 21.9 Å². The molecule has 5 heterocycles. The van der Waals surface area contributed by atoms with Gasteiger partial charge in [-0.25, -0.2) is 9.78 Å². The predicted octanol–water partition coefficient (Wildman–Crippen LogP) is 4.17. The summed E-state index contributed by atoms with van der Waals surface area (Å²) in [4.78, 5) is 24.8. The van der Waals surface area contributed by atoms with Gasteiger partial charge >= 0.3 is 5.69 Å². The molecule has 1 fully saturated rings. The number of pyridine rings is 2. The Hall–Kier alpha value is -3.59. The van der Waals surface area contributed by atoms with Crippen molar-refractivity contribution in [3.05, 3.63) is 41.1 Å². The van der Waals surface area contributed by atoms with Gasteiger partial charge in [-0.1, -0.05) is 6.42 Å². The van der Waals surface area contributed by atoms with E-state index in [9.17, 15) is 4.79 Å². The van der Waals surface area contributed by atoms with Crippen LogP contribution < -0.4 is 19.9 Å². The fourth-order valence-electron chi connectivity index (χ4n) is 5.65. The highest BCUT2D eigenvalue weighted by molar-refractivity contribution is 6.10. The summed E-state index contributed by atoms with van der Waals surface area (Å²) in [6.45, 7) is 6.46. The highest BCUT2D eigenvalue weighted by Gasteiger charge is 2.28. The Labute approximate surface area is 215 Å². The minimum atomic E-state index is -0.133. The molecule has 0 N–H and O–H groups in total. The number of methoxy groups -OCH3 is 1. The van der Waals surface area contributed by atoms with Crippen LogP contribution in [0.5, 0.6) is 17.4 Å². The van der Waals surface area contributed by atoms with Crippen molar-refractivity contribution in [1.82, 2.24) is 24.0 Å². The van der Waals surface area contributed by atoms with Gasteiger partial charge in [-0.3, -0.25) is 14.1 Å². The number of aromatic nitrogens is 4. The molecule has 2 aliphatic rings. The van der Waals surface area contributed by atoms with Crippen molar-refractivity contribution in [2.45, 2.75) is 38.6 Å². The van der Waals surface area contributed by atoms with Gasteiger partial charge in [0.1, 0.15) is 18.1 Å². The van der Waals surface area contributed by atoms with E-state index < -0.39 is 0 Å². The van der Waals surface area contributed by atoms with E-state index in [-0.39, 0.29) is 11.7 Å². The van der Waals surface area contributed by atoms with Crippen LogP contribution in [0.15, 0.2) is 35.4 Å². The van der Waals surface area contributed by atoms with Gasteiger partial charge in [0.25, 0.3) is 0 Å². The number of piperidine rings is 1. The van der Waals surface area contributed by atoms with Gasteiger partial charge in [0.15, 0.2) is 0 Å². The van der Waals surface area contributed by atoms with E-state index in [1.165, 1.54) is 32.4 Å². The normalized spacial score (nSPS) is 17.8. The second-order valence-corrected chi connectivity index (χ2v) is 10.0. The number of imidazole rings is 1. The summed E-state index contributed by atoms with van der Waals surface area (Å²) in [6.07, 6.45) is 8.48. The van der Waals surface area contributed by atoms with E-state index in [1.54, 1.807) is 31.1 Å². The fourth-order valence-corrected chi connectivity index (χ4v) is 5.65. The van der Waals surface area contributed by atoms with Crippen molar-refractivity contribution in [2.24, 2.45) is 7.05 Å². The maximum absolute atomic E-state index is 13.1. The van der Waals surface area contributed by atoms with Crippen molar-refractivity contribution in [1.29, 1.82) is 0 Å². The van der Waals surface area contributed by atoms with Gasteiger partial charge in [0.2, 0.25) is 5.88 Å². The minimum Gasteiger partial charge on any atom is -0.496 e. The minimum absolute atomic E-state index is 0.0749. The lowest BCUT2D eigenvalue weighted by Crippen LogP contribution is -2.31. The van der Waals surface area contributed by atoms with Gasteiger partial charge in [-0.15, -0.1) is 0 Å². The van der Waals surface area contributed by atoms with E-state index in [0.717, 1.165) is 46.0 Å². The lowest BCUT2D eigenvalue weighted by atomic mass is 10.0. The molecule has 6 rings (SSSR count). The van der Waals surface area contributed by atoms with Crippen molar-refractivity contribution < 1.29 is 14.2 Å². The number of likely N-dealkylation sites (tertiary alicyclic amines) is 1. The molecule has 9 nitrogen and oxygen atoms in total. The number of ether oxygens (including phenoxy) is 3. The van der Waals surface area contributed by atoms with Gasteiger partial charge < -0.3 is 19.1 Å². The van der Waals surface area contributed by atoms with Crippen LogP contribution in [-0.2, 0) is 7.05 Å². The van der Waals surface area contributed by atoms with E-state index >= 15 is 0 Å². The fraction of sp³-hybridized carbons (Fsp3) is 0.464. The molecule has 0 amide bonds. The Morgan fingerprint density at radius 3 is 2.73 bits per heavy atom. The first-order valence-electron chi connectivity index (χ1n) is 13.1. The van der Waals surface area contributed by atoms with Crippen molar-refractivity contribution in [3.63, 3.8) is 0 Å². The summed E-state index contributed by atoms with van der Waals surface area (Å²) in [5, 5.41) is 0.813. The summed E-state index contributed by atoms with van der Waals surface area (Å²) < 4.78 is 21.6. The van der Waals surface area contributed by atoms with E-state index in [0.29, 0.717) is 30.6 Å². The molecule has 4 aromatic rings. The number of rotatable bonds is 7. The summed E-state index contributed by atoms with van der Waals surface area (Å²) >= 11 is 0. The average molecular weight is 504 g/mol. The molecule has 0 aliphatic carbocycles. The predicted molar refractivity (Wildman–Crippen MR) is 143 cm³/mol. The van der Waals surface area contributed by atoms with Gasteiger partial charge in [-0.05, 0) is 45.3 Å². The number of benzene rings is 1. The first kappa shape index (κ1) is 23.8. The smallest absolute Gasteiger partial charge is 0.329 e. The third-order valence-electron chi connectivity index (χ3n) is 7.60. The largest absolute Gasteiger partial charge is 0.496 e. The number of hydrogen-bond donors (Lipinski definition) is 0. The lowest BCUT2D eigenvalue weighted by molar-refractivity contribution is 0.203. The molecule has 9 heteroatoms. The van der Waals surface area contributed by atoms with Crippen molar-refractivity contribution in [2.75, 3.05) is 40.0 Å². The summed E-state index contributed by atoms with van der Waals surface area (Å²) in [7, 11) is 3.42. The number of aryl methyl sites for hydroxylation is 1. The Morgan fingerprint density at radius 1 is 1.14 bits per heavy atom. The molecule has 194 valence electrons. The topological polar surface area (TPSA) is 83.6 Å². The second-order valence-electron chi connectivity index (χ2n) is 10.0. The van der Waals surface area contributed by atoms with Crippen LogP contribution in [0.4, 0.5) is 0 Å². The maximum Gasteiger partial charge on any atom is 0.329 e. The first-order valence-corrected chi connectivity index (χ1v) is 13.1. The van der Waals surface area contributed by atoms with E-state index in [2.05, 4.69) is 14.9 Å². The van der Waals surface area contributed by atoms with Crippen LogP contribution in [0.1, 0.15) is 38.6 Å². The quantitative estimate of drug-likeness (QED) is 0.350. The average Bonchev–Trinajstić information content (AvgIpc) is 3.08. The zero-order valence-corrected chi connectivity index (χ0v) is 21.7. The van der Waals surface area contributed by atoms with E-state index in [1.807, 2.05) is 29.7 Å². The van der Waals surface area contributed by atoms with Crippen LogP contribution in [-0.4, -0.2) is 64.0 Å². The maximum atomic E-state index is 13.1. The molecule has 0 bridgehead atoms. The van der Waals surface area contributed by atoms with Gasteiger partial charge in [0.05, 0.1) is 53.5 Å². The lowest BCUT2D eigenvalue weighted by Gasteiger charge is -2.26. The zero-order chi connectivity index (χ0) is 25.5. The summed E-state index contributed by atoms with van der Waals surface area (Å²) in [5.41, 5.74) is 3.91. The Morgan fingerprint density at radius 2 is 1.97 bits per heavy atom. The van der Waals surface area contributed by atoms with Crippen LogP contribution in [0, 0.1) is 0 Å². The molecule has 1 aromatic carbocycles. The molecule has 0 radical (unpaired) electrons. The van der Waals surface area contributed by atoms with Gasteiger partial charge in [-0.2, -0.15) is 0 Å². The SMILES string of the molecule is COc1cc2ncc3c4c2c(c1-c1ccc(OCCCN2CCCCC2)nc1)OCC(C)n4c(=O)n3C. The van der Waals surface area contributed by atoms with Crippen LogP contribution in [0.25, 0.3) is 33.1 Å². The van der Waals surface area contributed by atoms with E-state index in [4.69, 9.17) is 14.2 Å². The third-order valence-corrected chi connectivity index (χ3v) is 7.60. The van der Waals surface area contributed by atoms with Crippen molar-refractivity contribution in [3.8, 4) is 28.5 Å². The second kappa shape index (κ2) is 9.70. The van der Waals surface area contributed by atoms with Crippen LogP contribution in [0.3, 0.4) is 0 Å². The molecule has 2 aliphatic heterocycles.